The average molecular weight is 314 g/mol. The van der Waals surface area contributed by atoms with Gasteiger partial charge in [-0.05, 0) is 25.7 Å². The molecular weight excluding hydrogens is 276 g/mol. The Kier molecular flexibility index (Phi) is 19.5. The van der Waals surface area contributed by atoms with Gasteiger partial charge >= 0.3 is 11.7 Å². The first kappa shape index (κ1) is 20.8. The Bertz CT molecular complexity index is 226. The minimum Gasteiger partial charge on any atom is -0.0885 e. The fourth-order valence-corrected chi connectivity index (χ4v) is 2.92. The Morgan fingerprint density at radius 2 is 1.05 bits per heavy atom. The molecule has 0 radical (unpaired) electrons. The van der Waals surface area contributed by atoms with Gasteiger partial charge in [-0.1, -0.05) is 83.3 Å². The van der Waals surface area contributed by atoms with Crippen LogP contribution in [-0.2, 0) is 15.9 Å². The second kappa shape index (κ2) is 19.8. The third-order valence-corrected chi connectivity index (χ3v) is 4.43. The van der Waals surface area contributed by atoms with Gasteiger partial charge < -0.3 is 0 Å². The van der Waals surface area contributed by atoms with Crippen molar-refractivity contribution in [3.8, 4) is 0 Å². The lowest BCUT2D eigenvalue weighted by molar-refractivity contribution is 0.544. The molecule has 0 saturated carbocycles. The molecule has 0 aromatic rings. The molecule has 0 N–H and O–H groups in total. The van der Waals surface area contributed by atoms with Crippen molar-refractivity contribution in [2.75, 3.05) is 5.75 Å². The summed E-state index contributed by atoms with van der Waals surface area (Å²) in [7, 11) is 0. The van der Waals surface area contributed by atoms with Gasteiger partial charge in [-0.2, -0.15) is 0 Å². The molecule has 0 heterocycles. The Morgan fingerprint density at radius 1 is 0.619 bits per heavy atom. The predicted octanol–water partition coefficient (Wildman–Crippen LogP) is 6.84. The molecule has 0 fully saturated rings. The van der Waals surface area contributed by atoms with E-state index in [9.17, 15) is 4.21 Å². The van der Waals surface area contributed by atoms with E-state index in [4.69, 9.17) is 0 Å². The van der Waals surface area contributed by atoms with Crippen LogP contribution in [0, 0.1) is 0 Å². The van der Waals surface area contributed by atoms with Crippen LogP contribution in [-0.4, -0.2) is 5.75 Å². The fourth-order valence-electron chi connectivity index (χ4n) is 2.59. The van der Waals surface area contributed by atoms with Crippen molar-refractivity contribution < 1.29 is 4.21 Å². The molecule has 0 saturated heterocycles. The van der Waals surface area contributed by atoms with E-state index >= 15 is 0 Å². The molecule has 0 aliphatic carbocycles. The highest BCUT2D eigenvalue weighted by molar-refractivity contribution is 7.65. The van der Waals surface area contributed by atoms with E-state index < -0.39 is 0 Å². The maximum absolute atomic E-state index is 10.2. The quantitative estimate of drug-likeness (QED) is 0.163. The van der Waals surface area contributed by atoms with Gasteiger partial charge in [0.15, 0.2) is 0 Å². The highest BCUT2D eigenvalue weighted by Gasteiger charge is 1.97. The van der Waals surface area contributed by atoms with Crippen LogP contribution in [0.15, 0.2) is 12.2 Å². The number of unbranched alkanes of at least 4 members (excludes halogenated alkanes) is 13. The van der Waals surface area contributed by atoms with Crippen LogP contribution in [0.2, 0.25) is 0 Å². The molecule has 0 aromatic heterocycles. The minimum absolute atomic E-state index is 0.735. The van der Waals surface area contributed by atoms with E-state index in [1.807, 2.05) is 0 Å². The van der Waals surface area contributed by atoms with Crippen LogP contribution in [0.3, 0.4) is 0 Å². The van der Waals surface area contributed by atoms with E-state index in [2.05, 4.69) is 19.1 Å². The Balaban J connectivity index is 2.97. The summed E-state index contributed by atoms with van der Waals surface area (Å²) >= 11 is 0.735. The summed E-state index contributed by atoms with van der Waals surface area (Å²) in [5, 5.41) is 0. The van der Waals surface area contributed by atoms with Crippen molar-refractivity contribution in [2.45, 2.75) is 103 Å². The highest BCUT2D eigenvalue weighted by atomic mass is 32.1. The lowest BCUT2D eigenvalue weighted by atomic mass is 10.0. The smallest absolute Gasteiger partial charge is 0.0885 e. The summed E-state index contributed by atoms with van der Waals surface area (Å²) in [4.78, 5) is 0. The van der Waals surface area contributed by atoms with Gasteiger partial charge in [0, 0.05) is 10.6 Å². The molecule has 0 aliphatic heterocycles. The molecule has 0 spiro atoms. The van der Waals surface area contributed by atoms with Crippen molar-refractivity contribution in [3.05, 3.63) is 12.2 Å². The molecule has 0 amide bonds. The van der Waals surface area contributed by atoms with Crippen molar-refractivity contribution >= 4 is 11.7 Å². The lowest BCUT2D eigenvalue weighted by Crippen LogP contribution is -1.84. The summed E-state index contributed by atoms with van der Waals surface area (Å²) < 4.78 is 10.2. The molecule has 0 bridgehead atoms. The van der Waals surface area contributed by atoms with E-state index in [0.29, 0.717) is 0 Å². The van der Waals surface area contributed by atoms with Crippen LogP contribution in [0.4, 0.5) is 0 Å². The standard InChI is InChI=1S/C19H37OS/c1-2-3-4-5-6-7-8-9-10-11-12-13-14-15-16-17-18-19-21-20/h4-5H,2-3,6-19H2,1H3/q+1. The lowest BCUT2D eigenvalue weighted by Gasteiger charge is -2.02. The topological polar surface area (TPSA) is 17.1 Å². The molecule has 1 nitrogen and oxygen atoms in total. The Hall–Kier alpha value is -0.240. The molecule has 124 valence electrons. The molecule has 2 heteroatoms. The van der Waals surface area contributed by atoms with E-state index in [-0.39, 0.29) is 0 Å². The maximum atomic E-state index is 10.2. The number of hydrogen-bond acceptors (Lipinski definition) is 1. The van der Waals surface area contributed by atoms with Crippen molar-refractivity contribution in [2.24, 2.45) is 0 Å². The average Bonchev–Trinajstić information content (AvgIpc) is 2.50. The van der Waals surface area contributed by atoms with Crippen molar-refractivity contribution in [1.82, 2.24) is 0 Å². The van der Waals surface area contributed by atoms with Crippen LogP contribution in [0.1, 0.15) is 103 Å². The first-order valence-electron chi connectivity index (χ1n) is 9.31. The van der Waals surface area contributed by atoms with Gasteiger partial charge in [-0.15, -0.1) is 0 Å². The summed E-state index contributed by atoms with van der Waals surface area (Å²) in [5.74, 6) is 0.800. The van der Waals surface area contributed by atoms with Gasteiger partial charge in [0.2, 0.25) is 5.75 Å². The van der Waals surface area contributed by atoms with Crippen molar-refractivity contribution in [3.63, 3.8) is 0 Å². The fraction of sp³-hybridized carbons (Fsp3) is 0.895. The van der Waals surface area contributed by atoms with Crippen LogP contribution < -0.4 is 0 Å². The van der Waals surface area contributed by atoms with Crippen LogP contribution in [0.25, 0.3) is 0 Å². The molecule has 21 heavy (non-hydrogen) atoms. The van der Waals surface area contributed by atoms with Gasteiger partial charge in [-0.25, -0.2) is 0 Å². The first-order chi connectivity index (χ1) is 10.4. The normalized spacial score (nSPS) is 11.3. The SMILES string of the molecule is CCCC=CCCCCCCCCCCCCCC[S+]=O. The van der Waals surface area contributed by atoms with Gasteiger partial charge in [0.25, 0.3) is 0 Å². The molecule has 0 atom stereocenters. The summed E-state index contributed by atoms with van der Waals surface area (Å²) in [6, 6.07) is 0. The zero-order valence-corrected chi connectivity index (χ0v) is 15.1. The largest absolute Gasteiger partial charge is 0.458 e. The van der Waals surface area contributed by atoms with E-state index in [0.717, 1.165) is 23.8 Å². The molecule has 0 rings (SSSR count). The van der Waals surface area contributed by atoms with Gasteiger partial charge in [-0.3, -0.25) is 0 Å². The zero-order valence-electron chi connectivity index (χ0n) is 14.3. The second-order valence-corrected chi connectivity index (χ2v) is 6.76. The number of hydrogen-bond donors (Lipinski definition) is 0. The predicted molar refractivity (Wildman–Crippen MR) is 97.0 cm³/mol. The summed E-state index contributed by atoms with van der Waals surface area (Å²) in [6.45, 7) is 2.23. The van der Waals surface area contributed by atoms with Crippen LogP contribution >= 0.6 is 0 Å². The second-order valence-electron chi connectivity index (χ2n) is 6.11. The molecule has 0 aliphatic rings. The maximum Gasteiger partial charge on any atom is 0.458 e. The van der Waals surface area contributed by atoms with E-state index in [1.54, 1.807) is 0 Å². The Labute approximate surface area is 137 Å². The van der Waals surface area contributed by atoms with E-state index in [1.165, 1.54) is 89.9 Å². The molecule has 0 unspecified atom stereocenters. The van der Waals surface area contributed by atoms with Crippen molar-refractivity contribution in [1.29, 1.82) is 0 Å². The number of rotatable bonds is 17. The third-order valence-electron chi connectivity index (χ3n) is 3.97. The number of allylic oxidation sites excluding steroid dienone is 2. The molecule has 0 aromatic carbocycles. The van der Waals surface area contributed by atoms with Gasteiger partial charge in [0.1, 0.15) is 0 Å². The summed E-state index contributed by atoms with van der Waals surface area (Å²) in [6.07, 6.45) is 24.9. The summed E-state index contributed by atoms with van der Waals surface area (Å²) in [5.41, 5.74) is 0. The third kappa shape index (κ3) is 19.8. The van der Waals surface area contributed by atoms with Crippen LogP contribution in [0.5, 0.6) is 0 Å². The minimum atomic E-state index is 0.735. The first-order valence-corrected chi connectivity index (χ1v) is 10.2. The monoisotopic (exact) mass is 313 g/mol. The van der Waals surface area contributed by atoms with Gasteiger partial charge in [0.05, 0.1) is 0 Å². The highest BCUT2D eigenvalue weighted by Crippen LogP contribution is 2.12. The Morgan fingerprint density at radius 3 is 1.52 bits per heavy atom. The zero-order chi connectivity index (χ0) is 15.4. The molecular formula is C19H37OS+.